The summed E-state index contributed by atoms with van der Waals surface area (Å²) in [4.78, 5) is 25.3. The van der Waals surface area contributed by atoms with Gasteiger partial charge in [-0.2, -0.15) is 0 Å². The fraction of sp³-hybridized carbons (Fsp3) is 0.200. The summed E-state index contributed by atoms with van der Waals surface area (Å²) in [5, 5.41) is 1.38. The first-order valence-electron chi connectivity index (χ1n) is 9.97. The van der Waals surface area contributed by atoms with Crippen molar-refractivity contribution in [3.8, 4) is 11.1 Å². The first-order valence-corrected chi connectivity index (χ1v) is 9.97. The zero-order valence-electron chi connectivity index (χ0n) is 17.1. The number of carbonyl (C=O) groups excluding carboxylic acids is 2. The molecule has 4 nitrogen and oxygen atoms in total. The van der Waals surface area contributed by atoms with Crippen molar-refractivity contribution in [3.05, 3.63) is 95.8 Å². The topological polar surface area (TPSA) is 49.4 Å². The summed E-state index contributed by atoms with van der Waals surface area (Å²) in [6, 6.07) is 22.7. The van der Waals surface area contributed by atoms with Gasteiger partial charge in [0.1, 0.15) is 5.82 Å². The number of carbonyl (C=O) groups is 2. The van der Waals surface area contributed by atoms with Gasteiger partial charge in [-0.05, 0) is 61.2 Å². The molecule has 3 aromatic carbocycles. The molecule has 154 valence electrons. The summed E-state index contributed by atoms with van der Waals surface area (Å²) in [6.45, 7) is 3.71. The molecule has 0 saturated heterocycles. The number of hydrogen-bond acceptors (Lipinski definition) is 2. The Kier molecular flexibility index (Phi) is 6.96. The zero-order valence-corrected chi connectivity index (χ0v) is 17.1. The first-order chi connectivity index (χ1) is 14.5. The molecule has 0 aliphatic carbocycles. The third kappa shape index (κ3) is 5.32. The van der Waals surface area contributed by atoms with Crippen LogP contribution < -0.4 is 5.43 Å². The second kappa shape index (κ2) is 9.83. The van der Waals surface area contributed by atoms with Crippen LogP contribution in [-0.2, 0) is 11.2 Å². The van der Waals surface area contributed by atoms with Crippen LogP contribution >= 0.6 is 0 Å². The Hall–Kier alpha value is -3.47. The van der Waals surface area contributed by atoms with E-state index in [1.807, 2.05) is 44.2 Å². The minimum atomic E-state index is -0.315. The monoisotopic (exact) mass is 404 g/mol. The maximum absolute atomic E-state index is 13.3. The van der Waals surface area contributed by atoms with Crippen LogP contribution in [0.25, 0.3) is 11.1 Å². The van der Waals surface area contributed by atoms with Crippen LogP contribution in [0, 0.1) is 5.82 Å². The van der Waals surface area contributed by atoms with Crippen LogP contribution in [0.1, 0.15) is 36.2 Å². The molecule has 0 aromatic heterocycles. The Morgan fingerprint density at radius 1 is 0.900 bits per heavy atom. The van der Waals surface area contributed by atoms with Gasteiger partial charge in [0.05, 0.1) is 0 Å². The van der Waals surface area contributed by atoms with E-state index in [4.69, 9.17) is 0 Å². The van der Waals surface area contributed by atoms with Gasteiger partial charge in [0.25, 0.3) is 5.91 Å². The molecule has 0 atom stereocenters. The average Bonchev–Trinajstić information content (AvgIpc) is 2.77. The van der Waals surface area contributed by atoms with Crippen molar-refractivity contribution in [1.29, 1.82) is 0 Å². The van der Waals surface area contributed by atoms with Crippen LogP contribution in [0.4, 0.5) is 4.39 Å². The van der Waals surface area contributed by atoms with Crippen molar-refractivity contribution in [2.24, 2.45) is 0 Å². The van der Waals surface area contributed by atoms with E-state index in [1.165, 1.54) is 17.1 Å². The second-order valence-corrected chi connectivity index (χ2v) is 7.33. The Labute approximate surface area is 176 Å². The molecule has 3 rings (SSSR count). The fourth-order valence-electron chi connectivity index (χ4n) is 3.25. The highest BCUT2D eigenvalue weighted by Crippen LogP contribution is 2.25. The van der Waals surface area contributed by atoms with E-state index in [9.17, 15) is 14.0 Å². The van der Waals surface area contributed by atoms with Gasteiger partial charge in [-0.25, -0.2) is 4.39 Å². The lowest BCUT2D eigenvalue weighted by Gasteiger charge is -2.27. The van der Waals surface area contributed by atoms with Crippen molar-refractivity contribution >= 4 is 11.8 Å². The lowest BCUT2D eigenvalue weighted by Crippen LogP contribution is -2.50. The molecule has 0 heterocycles. The predicted molar refractivity (Wildman–Crippen MR) is 116 cm³/mol. The van der Waals surface area contributed by atoms with Crippen LogP contribution in [-0.4, -0.2) is 22.9 Å². The van der Waals surface area contributed by atoms with Crippen molar-refractivity contribution < 1.29 is 14.0 Å². The van der Waals surface area contributed by atoms with E-state index < -0.39 is 0 Å². The quantitative estimate of drug-likeness (QED) is 0.587. The Balaban J connectivity index is 1.70. The number of nitrogens with one attached hydrogen (secondary N) is 1. The number of halogens is 1. The third-order valence-corrected chi connectivity index (χ3v) is 4.82. The van der Waals surface area contributed by atoms with Gasteiger partial charge in [-0.3, -0.25) is 20.0 Å². The molecule has 1 N–H and O–H groups in total. The fourth-order valence-corrected chi connectivity index (χ4v) is 3.25. The molecule has 0 unspecified atom stereocenters. The Bertz CT molecular complexity index is 1000. The second-order valence-electron chi connectivity index (χ2n) is 7.33. The van der Waals surface area contributed by atoms with Crippen LogP contribution in [0.2, 0.25) is 0 Å². The molecular weight excluding hydrogens is 379 g/mol. The van der Waals surface area contributed by atoms with E-state index >= 15 is 0 Å². The van der Waals surface area contributed by atoms with Crippen molar-refractivity contribution in [1.82, 2.24) is 10.4 Å². The lowest BCUT2D eigenvalue weighted by molar-refractivity contribution is -0.135. The predicted octanol–water partition coefficient (Wildman–Crippen LogP) is 5.01. The number of hydrazine groups is 1. The van der Waals surface area contributed by atoms with Gasteiger partial charge in [0.15, 0.2) is 0 Å². The molecular formula is C25H25FN2O2. The van der Waals surface area contributed by atoms with Gasteiger partial charge in [-0.15, -0.1) is 0 Å². The van der Waals surface area contributed by atoms with Crippen molar-refractivity contribution in [2.45, 2.75) is 32.7 Å². The largest absolute Gasteiger partial charge is 0.273 e. The summed E-state index contributed by atoms with van der Waals surface area (Å²) in [5.74, 6) is -0.763. The molecule has 0 radical (unpaired) electrons. The van der Waals surface area contributed by atoms with Crippen molar-refractivity contribution in [3.63, 3.8) is 0 Å². The smallest absolute Gasteiger partial charge is 0.269 e. The molecule has 30 heavy (non-hydrogen) atoms. The molecule has 2 amide bonds. The standard InChI is InChI=1S/C25H25FN2O2/c1-18(2)28(27-25(30)21-9-4-3-5-10-21)24(29)17-14-19-8-6-7-11-23(19)20-12-15-22(26)16-13-20/h3-13,15-16,18H,14,17H2,1-2H3,(H,27,30). The summed E-state index contributed by atoms with van der Waals surface area (Å²) < 4.78 is 13.3. The van der Waals surface area contributed by atoms with E-state index in [2.05, 4.69) is 5.43 Å². The number of rotatable bonds is 6. The maximum atomic E-state index is 13.3. The van der Waals surface area contributed by atoms with E-state index in [0.717, 1.165) is 16.7 Å². The number of aryl methyl sites for hydroxylation is 1. The minimum Gasteiger partial charge on any atom is -0.273 e. The van der Waals surface area contributed by atoms with Crippen molar-refractivity contribution in [2.75, 3.05) is 0 Å². The van der Waals surface area contributed by atoms with Crippen LogP contribution in [0.3, 0.4) is 0 Å². The van der Waals surface area contributed by atoms with Gasteiger partial charge in [0.2, 0.25) is 5.91 Å². The lowest BCUT2D eigenvalue weighted by atomic mass is 9.96. The molecule has 0 saturated carbocycles. The molecule has 3 aromatic rings. The Morgan fingerprint density at radius 3 is 2.20 bits per heavy atom. The van der Waals surface area contributed by atoms with Gasteiger partial charge >= 0.3 is 0 Å². The zero-order chi connectivity index (χ0) is 21.5. The van der Waals surface area contributed by atoms with Crippen LogP contribution in [0.15, 0.2) is 78.9 Å². The van der Waals surface area contributed by atoms with Gasteiger partial charge in [0, 0.05) is 18.0 Å². The summed E-state index contributed by atoms with van der Waals surface area (Å²) >= 11 is 0. The number of hydrogen-bond donors (Lipinski definition) is 1. The molecule has 0 fully saturated rings. The van der Waals surface area contributed by atoms with Gasteiger partial charge < -0.3 is 0 Å². The highest BCUT2D eigenvalue weighted by atomic mass is 19.1. The van der Waals surface area contributed by atoms with E-state index in [-0.39, 0.29) is 30.1 Å². The normalized spacial score (nSPS) is 10.7. The number of amides is 2. The maximum Gasteiger partial charge on any atom is 0.269 e. The highest BCUT2D eigenvalue weighted by Gasteiger charge is 2.20. The van der Waals surface area contributed by atoms with E-state index in [0.29, 0.717) is 12.0 Å². The molecule has 0 spiro atoms. The minimum absolute atomic E-state index is 0.164. The SMILES string of the molecule is CC(C)N(NC(=O)c1ccccc1)C(=O)CCc1ccccc1-c1ccc(F)cc1. The average molecular weight is 404 g/mol. The van der Waals surface area contributed by atoms with Crippen LogP contribution in [0.5, 0.6) is 0 Å². The summed E-state index contributed by atoms with van der Waals surface area (Å²) in [5.41, 5.74) is 6.09. The number of nitrogens with zero attached hydrogens (tertiary/aromatic N) is 1. The first kappa shape index (κ1) is 21.2. The van der Waals surface area contributed by atoms with Gasteiger partial charge in [-0.1, -0.05) is 54.6 Å². The summed E-state index contributed by atoms with van der Waals surface area (Å²) in [6.07, 6.45) is 0.752. The van der Waals surface area contributed by atoms with E-state index in [1.54, 1.807) is 36.4 Å². The molecule has 5 heteroatoms. The number of benzene rings is 3. The highest BCUT2D eigenvalue weighted by molar-refractivity contribution is 5.95. The molecule has 0 aliphatic heterocycles. The molecule has 0 aliphatic rings. The summed E-state index contributed by atoms with van der Waals surface area (Å²) in [7, 11) is 0. The Morgan fingerprint density at radius 2 is 1.53 bits per heavy atom. The molecule has 0 bridgehead atoms. The third-order valence-electron chi connectivity index (χ3n) is 4.82.